The van der Waals surface area contributed by atoms with Crippen LogP contribution in [0.4, 0.5) is 0 Å². The van der Waals surface area contributed by atoms with Gasteiger partial charge in [-0.05, 0) is 67.7 Å². The van der Waals surface area contributed by atoms with Gasteiger partial charge in [-0.3, -0.25) is 9.36 Å². The normalized spacial score (nSPS) is 16.6. The summed E-state index contributed by atoms with van der Waals surface area (Å²) in [5.41, 5.74) is 6.56. The molecule has 0 fully saturated rings. The summed E-state index contributed by atoms with van der Waals surface area (Å²) in [5, 5.41) is 0. The van der Waals surface area contributed by atoms with E-state index in [1.165, 1.54) is 22.5 Å². The Morgan fingerprint density at radius 2 is 1.76 bits per heavy atom. The molecule has 0 saturated carbocycles. The second-order valence-corrected chi connectivity index (χ2v) is 10.6. The van der Waals surface area contributed by atoms with Crippen LogP contribution in [0.3, 0.4) is 0 Å². The number of methoxy groups -OCH3 is 1. The molecule has 3 aromatic carbocycles. The van der Waals surface area contributed by atoms with Crippen molar-refractivity contribution < 1.29 is 9.47 Å². The highest BCUT2D eigenvalue weighted by molar-refractivity contribution is 7.07. The van der Waals surface area contributed by atoms with E-state index in [1.807, 2.05) is 60.9 Å². The van der Waals surface area contributed by atoms with Crippen LogP contribution in [0.5, 0.6) is 11.5 Å². The smallest absolute Gasteiger partial charge is 0.271 e. The van der Waals surface area contributed by atoms with E-state index in [1.54, 1.807) is 7.11 Å². The lowest BCUT2D eigenvalue weighted by molar-refractivity contribution is 0.242. The van der Waals surface area contributed by atoms with Crippen LogP contribution in [0.15, 0.2) is 88.2 Å². The van der Waals surface area contributed by atoms with Crippen molar-refractivity contribution in [1.29, 1.82) is 0 Å². The van der Waals surface area contributed by atoms with Gasteiger partial charge in [-0.15, -0.1) is 0 Å². The van der Waals surface area contributed by atoms with E-state index in [0.29, 0.717) is 4.53 Å². The molecule has 6 heteroatoms. The van der Waals surface area contributed by atoms with Crippen molar-refractivity contribution in [2.45, 2.75) is 38.8 Å². The lowest BCUT2D eigenvalue weighted by atomic mass is 9.83. The van der Waals surface area contributed by atoms with Crippen LogP contribution in [0.2, 0.25) is 0 Å². The number of hydrogen-bond acceptors (Lipinski definition) is 5. The first-order chi connectivity index (χ1) is 18.0. The maximum absolute atomic E-state index is 14.0. The van der Waals surface area contributed by atoms with Gasteiger partial charge < -0.3 is 9.47 Å². The molecule has 0 amide bonds. The molecule has 186 valence electrons. The standard InChI is InChI=1S/C31H28N2O3S/c1-19(2)36-26-11-7-5-9-22(26)18-27-30(34)33-29(21-12-15-23(35-3)16-13-21)25-17-14-20-8-4-6-10-24(20)28(25)32-31(33)37-27/h4-13,15-16,18-19,29H,14,17H2,1-3H3. The third-order valence-electron chi connectivity index (χ3n) is 6.87. The SMILES string of the molecule is COc1ccc(C2C3=C(N=c4sc(=Cc5ccccc5OC(C)C)c(=O)n42)c2ccccc2CC3)cc1. The Labute approximate surface area is 219 Å². The molecule has 2 aliphatic rings. The molecule has 0 N–H and O–H groups in total. The Morgan fingerprint density at radius 3 is 2.54 bits per heavy atom. The number of aryl methyl sites for hydroxylation is 1. The van der Waals surface area contributed by atoms with E-state index in [4.69, 9.17) is 14.5 Å². The van der Waals surface area contributed by atoms with E-state index in [9.17, 15) is 4.79 Å². The third kappa shape index (κ3) is 4.21. The van der Waals surface area contributed by atoms with Crippen LogP contribution in [0.1, 0.15) is 48.6 Å². The molecule has 0 spiro atoms. The number of ether oxygens (including phenoxy) is 2. The minimum Gasteiger partial charge on any atom is -0.497 e. The average molecular weight is 509 g/mol. The molecule has 1 aliphatic carbocycles. The monoisotopic (exact) mass is 508 g/mol. The lowest BCUT2D eigenvalue weighted by Crippen LogP contribution is -2.38. The molecule has 0 radical (unpaired) electrons. The molecular weight excluding hydrogens is 480 g/mol. The number of rotatable bonds is 5. The van der Waals surface area contributed by atoms with E-state index >= 15 is 0 Å². The fourth-order valence-corrected chi connectivity index (χ4v) is 6.20. The summed E-state index contributed by atoms with van der Waals surface area (Å²) in [5.74, 6) is 1.56. The molecule has 1 atom stereocenters. The molecule has 1 unspecified atom stereocenters. The van der Waals surface area contributed by atoms with Gasteiger partial charge in [0.15, 0.2) is 4.80 Å². The number of fused-ring (bicyclic) bond motifs is 3. The van der Waals surface area contributed by atoms with Crippen molar-refractivity contribution in [2.75, 3.05) is 7.11 Å². The number of thiazole rings is 1. The quantitative estimate of drug-likeness (QED) is 0.376. The Hall–Kier alpha value is -3.90. The van der Waals surface area contributed by atoms with Gasteiger partial charge in [0.2, 0.25) is 0 Å². The number of aromatic nitrogens is 1. The Morgan fingerprint density at radius 1 is 1.00 bits per heavy atom. The molecule has 1 aliphatic heterocycles. The summed E-state index contributed by atoms with van der Waals surface area (Å²) in [6.45, 7) is 4.00. The highest BCUT2D eigenvalue weighted by atomic mass is 32.1. The maximum Gasteiger partial charge on any atom is 0.271 e. The Kier molecular flexibility index (Phi) is 6.05. The number of benzene rings is 3. The van der Waals surface area contributed by atoms with Crippen LogP contribution >= 0.6 is 11.3 Å². The van der Waals surface area contributed by atoms with E-state index in [0.717, 1.165) is 51.5 Å². The molecule has 4 aromatic rings. The van der Waals surface area contributed by atoms with Crippen LogP contribution in [0, 0.1) is 0 Å². The fourth-order valence-electron chi connectivity index (χ4n) is 5.21. The minimum atomic E-state index is -0.213. The summed E-state index contributed by atoms with van der Waals surface area (Å²) in [6, 6.07) is 24.1. The maximum atomic E-state index is 14.0. The van der Waals surface area contributed by atoms with Crippen LogP contribution < -0.4 is 24.4 Å². The van der Waals surface area contributed by atoms with E-state index in [-0.39, 0.29) is 17.7 Å². The van der Waals surface area contributed by atoms with Crippen molar-refractivity contribution in [2.24, 2.45) is 4.99 Å². The van der Waals surface area contributed by atoms with Crippen molar-refractivity contribution in [3.8, 4) is 11.5 Å². The van der Waals surface area contributed by atoms with Gasteiger partial charge in [0.25, 0.3) is 5.56 Å². The highest BCUT2D eigenvalue weighted by Gasteiger charge is 2.32. The topological polar surface area (TPSA) is 52.8 Å². The molecule has 0 saturated heterocycles. The van der Waals surface area contributed by atoms with Crippen molar-refractivity contribution in [1.82, 2.24) is 4.57 Å². The second-order valence-electron chi connectivity index (χ2n) is 9.59. The first-order valence-electron chi connectivity index (χ1n) is 12.6. The summed E-state index contributed by atoms with van der Waals surface area (Å²) in [4.78, 5) is 19.8. The molecule has 5 nitrogen and oxygen atoms in total. The van der Waals surface area contributed by atoms with Crippen molar-refractivity contribution >= 4 is 23.1 Å². The van der Waals surface area contributed by atoms with Gasteiger partial charge in [0.1, 0.15) is 11.5 Å². The summed E-state index contributed by atoms with van der Waals surface area (Å²) < 4.78 is 13.9. The van der Waals surface area contributed by atoms with Gasteiger partial charge in [-0.25, -0.2) is 4.99 Å². The van der Waals surface area contributed by atoms with Gasteiger partial charge in [0, 0.05) is 11.1 Å². The predicted octanol–water partition coefficient (Wildman–Crippen LogP) is 5.11. The lowest BCUT2D eigenvalue weighted by Gasteiger charge is -2.30. The highest BCUT2D eigenvalue weighted by Crippen LogP contribution is 2.41. The van der Waals surface area contributed by atoms with Gasteiger partial charge in [-0.1, -0.05) is 65.9 Å². The summed E-state index contributed by atoms with van der Waals surface area (Å²) >= 11 is 1.43. The van der Waals surface area contributed by atoms with Gasteiger partial charge in [0.05, 0.1) is 29.5 Å². The van der Waals surface area contributed by atoms with Crippen molar-refractivity contribution in [3.05, 3.63) is 120 Å². The molecule has 2 heterocycles. The summed E-state index contributed by atoms with van der Waals surface area (Å²) in [6.07, 6.45) is 3.77. The third-order valence-corrected chi connectivity index (χ3v) is 7.86. The largest absolute Gasteiger partial charge is 0.497 e. The van der Waals surface area contributed by atoms with E-state index in [2.05, 4.69) is 36.4 Å². The zero-order chi connectivity index (χ0) is 25.5. The Bertz CT molecular complexity index is 1690. The van der Waals surface area contributed by atoms with Crippen LogP contribution in [-0.4, -0.2) is 17.8 Å². The summed E-state index contributed by atoms with van der Waals surface area (Å²) in [7, 11) is 1.66. The molecule has 0 bridgehead atoms. The predicted molar refractivity (Wildman–Crippen MR) is 148 cm³/mol. The number of nitrogens with zero attached hydrogens (tertiary/aromatic N) is 2. The number of allylic oxidation sites excluding steroid dienone is 1. The molecule has 1 aromatic heterocycles. The number of hydrogen-bond donors (Lipinski definition) is 0. The molecule has 6 rings (SSSR count). The van der Waals surface area contributed by atoms with Gasteiger partial charge >= 0.3 is 0 Å². The van der Waals surface area contributed by atoms with Crippen molar-refractivity contribution in [3.63, 3.8) is 0 Å². The minimum absolute atomic E-state index is 0.0330. The number of para-hydroxylation sites is 1. The first-order valence-corrected chi connectivity index (χ1v) is 13.4. The zero-order valence-corrected chi connectivity index (χ0v) is 21.9. The molecule has 37 heavy (non-hydrogen) atoms. The molecular formula is C31H28N2O3S. The zero-order valence-electron chi connectivity index (χ0n) is 21.1. The fraction of sp³-hybridized carbons (Fsp3) is 0.226. The Balaban J connectivity index is 1.58. The van der Waals surface area contributed by atoms with Crippen LogP contribution in [-0.2, 0) is 6.42 Å². The van der Waals surface area contributed by atoms with E-state index < -0.39 is 0 Å². The average Bonchev–Trinajstić information content (AvgIpc) is 3.22. The first kappa shape index (κ1) is 23.5. The van der Waals surface area contributed by atoms with Crippen LogP contribution in [0.25, 0.3) is 11.8 Å². The second kappa shape index (κ2) is 9.52. The van der Waals surface area contributed by atoms with Gasteiger partial charge in [-0.2, -0.15) is 0 Å².